The molecule has 1 unspecified atom stereocenters. The largest absolute Gasteiger partial charge is 0.396 e. The second-order valence-electron chi connectivity index (χ2n) is 6.48. The molecular formula is C18H20N2O2. The van der Waals surface area contributed by atoms with E-state index in [2.05, 4.69) is 29.3 Å². The first-order valence-electron chi connectivity index (χ1n) is 8.03. The minimum Gasteiger partial charge on any atom is -0.396 e. The predicted octanol–water partition coefficient (Wildman–Crippen LogP) is 3.01. The number of Topliss-reactive ketones (excluding diaryl/α,β-unsaturated/α-hetero) is 1. The SMILES string of the molecule is CCC1=C2c3ccc4[nH]ncc4c3CC2(CCO)CCC1=O. The van der Waals surface area contributed by atoms with Gasteiger partial charge in [0.15, 0.2) is 5.78 Å². The number of aromatic nitrogens is 2. The van der Waals surface area contributed by atoms with Crippen molar-refractivity contribution in [3.05, 3.63) is 35.0 Å². The van der Waals surface area contributed by atoms with Crippen LogP contribution in [0.2, 0.25) is 0 Å². The van der Waals surface area contributed by atoms with Gasteiger partial charge in [0.25, 0.3) is 0 Å². The van der Waals surface area contributed by atoms with Crippen molar-refractivity contribution in [3.8, 4) is 0 Å². The molecule has 2 aliphatic rings. The second kappa shape index (κ2) is 4.78. The molecule has 2 aliphatic carbocycles. The maximum Gasteiger partial charge on any atom is 0.159 e. The number of H-pyrrole nitrogens is 1. The lowest BCUT2D eigenvalue weighted by molar-refractivity contribution is -0.116. The predicted molar refractivity (Wildman–Crippen MR) is 85.4 cm³/mol. The van der Waals surface area contributed by atoms with E-state index in [1.165, 1.54) is 16.7 Å². The number of hydrogen-bond acceptors (Lipinski definition) is 3. The number of hydrogen-bond donors (Lipinski definition) is 2. The molecule has 114 valence electrons. The molecule has 4 rings (SSSR count). The summed E-state index contributed by atoms with van der Waals surface area (Å²) in [5, 5.41) is 18.0. The Morgan fingerprint density at radius 2 is 2.27 bits per heavy atom. The topological polar surface area (TPSA) is 66.0 Å². The summed E-state index contributed by atoms with van der Waals surface area (Å²) in [6, 6.07) is 4.17. The standard InChI is InChI=1S/C18H20N2O2/c1-2-11-16(22)5-6-18(7-8-21)9-13-12(17(11)18)3-4-15-14(13)10-19-20-15/h3-4,10,21H,2,5-9H2,1H3,(H,19,20). The van der Waals surface area contributed by atoms with Crippen molar-refractivity contribution in [3.63, 3.8) is 0 Å². The molecule has 0 fully saturated rings. The average molecular weight is 296 g/mol. The van der Waals surface area contributed by atoms with E-state index in [9.17, 15) is 9.90 Å². The molecule has 0 spiro atoms. The molecule has 1 atom stereocenters. The number of aromatic amines is 1. The Hall–Kier alpha value is -1.94. The zero-order valence-corrected chi connectivity index (χ0v) is 12.8. The molecule has 0 aliphatic heterocycles. The van der Waals surface area contributed by atoms with Gasteiger partial charge < -0.3 is 5.11 Å². The summed E-state index contributed by atoms with van der Waals surface area (Å²) >= 11 is 0. The summed E-state index contributed by atoms with van der Waals surface area (Å²) in [6.07, 6.45) is 5.74. The van der Waals surface area contributed by atoms with E-state index in [0.29, 0.717) is 6.42 Å². The van der Waals surface area contributed by atoms with Crippen LogP contribution in [0, 0.1) is 5.41 Å². The summed E-state index contributed by atoms with van der Waals surface area (Å²) in [6.45, 7) is 2.22. The molecule has 1 aromatic carbocycles. The van der Waals surface area contributed by atoms with E-state index in [1.807, 2.05) is 6.20 Å². The third-order valence-electron chi connectivity index (χ3n) is 5.46. The quantitative estimate of drug-likeness (QED) is 0.915. The smallest absolute Gasteiger partial charge is 0.159 e. The molecule has 0 bridgehead atoms. The minimum absolute atomic E-state index is 0.0676. The molecule has 0 amide bonds. The number of fused-ring (bicyclic) bond motifs is 5. The average Bonchev–Trinajstić information content (AvgIpc) is 3.10. The van der Waals surface area contributed by atoms with Crippen LogP contribution in [-0.4, -0.2) is 27.7 Å². The highest BCUT2D eigenvalue weighted by Crippen LogP contribution is 2.57. The van der Waals surface area contributed by atoms with Crippen molar-refractivity contribution < 1.29 is 9.90 Å². The highest BCUT2D eigenvalue weighted by Gasteiger charge is 2.46. The molecule has 1 heterocycles. The van der Waals surface area contributed by atoms with Crippen molar-refractivity contribution in [2.24, 2.45) is 5.41 Å². The Morgan fingerprint density at radius 1 is 1.41 bits per heavy atom. The van der Waals surface area contributed by atoms with Crippen LogP contribution < -0.4 is 0 Å². The lowest BCUT2D eigenvalue weighted by Gasteiger charge is -2.36. The number of allylic oxidation sites excluding steroid dienone is 2. The van der Waals surface area contributed by atoms with Gasteiger partial charge in [-0.25, -0.2) is 0 Å². The van der Waals surface area contributed by atoms with Gasteiger partial charge in [-0.1, -0.05) is 13.0 Å². The monoisotopic (exact) mass is 296 g/mol. The fourth-order valence-corrected chi connectivity index (χ4v) is 4.48. The highest BCUT2D eigenvalue weighted by atomic mass is 16.3. The number of aliphatic hydroxyl groups is 1. The van der Waals surface area contributed by atoms with Crippen molar-refractivity contribution in [1.29, 1.82) is 0 Å². The second-order valence-corrected chi connectivity index (χ2v) is 6.48. The number of nitrogens with one attached hydrogen (secondary N) is 1. The normalized spacial score (nSPS) is 24.0. The molecule has 0 radical (unpaired) electrons. The van der Waals surface area contributed by atoms with Crippen LogP contribution in [0.15, 0.2) is 23.9 Å². The van der Waals surface area contributed by atoms with E-state index in [-0.39, 0.29) is 17.8 Å². The molecular weight excluding hydrogens is 276 g/mol. The van der Waals surface area contributed by atoms with Crippen LogP contribution in [0.25, 0.3) is 16.5 Å². The summed E-state index contributed by atoms with van der Waals surface area (Å²) in [5.74, 6) is 0.284. The van der Waals surface area contributed by atoms with Gasteiger partial charge >= 0.3 is 0 Å². The molecule has 0 saturated carbocycles. The number of carbonyl (C=O) groups excluding carboxylic acids is 1. The third-order valence-corrected chi connectivity index (χ3v) is 5.46. The fourth-order valence-electron chi connectivity index (χ4n) is 4.48. The maximum atomic E-state index is 12.4. The minimum atomic E-state index is -0.0676. The number of aliphatic hydroxyl groups excluding tert-OH is 1. The number of carbonyl (C=O) groups is 1. The first kappa shape index (κ1) is 13.7. The first-order valence-corrected chi connectivity index (χ1v) is 8.03. The van der Waals surface area contributed by atoms with E-state index < -0.39 is 0 Å². The zero-order chi connectivity index (χ0) is 15.3. The van der Waals surface area contributed by atoms with E-state index >= 15 is 0 Å². The lowest BCUT2D eigenvalue weighted by Crippen LogP contribution is -2.29. The van der Waals surface area contributed by atoms with E-state index in [1.54, 1.807) is 0 Å². The van der Waals surface area contributed by atoms with Gasteiger partial charge in [0.1, 0.15) is 0 Å². The summed E-state index contributed by atoms with van der Waals surface area (Å²) in [4.78, 5) is 12.4. The lowest BCUT2D eigenvalue weighted by atomic mass is 9.67. The van der Waals surface area contributed by atoms with Gasteiger partial charge in [-0.3, -0.25) is 9.89 Å². The highest BCUT2D eigenvalue weighted by molar-refractivity contribution is 6.07. The van der Waals surface area contributed by atoms with Crippen molar-refractivity contribution in [2.45, 2.75) is 39.0 Å². The van der Waals surface area contributed by atoms with Crippen LogP contribution in [0.3, 0.4) is 0 Å². The van der Waals surface area contributed by atoms with Gasteiger partial charge in [0.2, 0.25) is 0 Å². The Bertz CT molecular complexity index is 803. The van der Waals surface area contributed by atoms with Crippen molar-refractivity contribution in [1.82, 2.24) is 10.2 Å². The molecule has 4 heteroatoms. The number of rotatable bonds is 3. The summed E-state index contributed by atoms with van der Waals surface area (Å²) in [7, 11) is 0. The van der Waals surface area contributed by atoms with Crippen molar-refractivity contribution in [2.75, 3.05) is 6.61 Å². The van der Waals surface area contributed by atoms with Crippen LogP contribution in [0.4, 0.5) is 0 Å². The van der Waals surface area contributed by atoms with Crippen LogP contribution in [0.5, 0.6) is 0 Å². The van der Waals surface area contributed by atoms with Crippen LogP contribution in [-0.2, 0) is 11.2 Å². The Kier molecular flexibility index (Phi) is 2.98. The zero-order valence-electron chi connectivity index (χ0n) is 12.8. The molecule has 1 aromatic heterocycles. The first-order chi connectivity index (χ1) is 10.7. The van der Waals surface area contributed by atoms with E-state index in [4.69, 9.17) is 0 Å². The maximum absolute atomic E-state index is 12.4. The summed E-state index contributed by atoms with van der Waals surface area (Å²) in [5.41, 5.74) is 5.64. The fraction of sp³-hybridized carbons (Fsp3) is 0.444. The van der Waals surface area contributed by atoms with Gasteiger partial charge in [0.05, 0.1) is 11.7 Å². The molecule has 0 saturated heterocycles. The Morgan fingerprint density at radius 3 is 3.05 bits per heavy atom. The number of benzene rings is 1. The Balaban J connectivity index is 2.03. The molecule has 2 N–H and O–H groups in total. The number of nitrogens with zero attached hydrogens (tertiary/aromatic N) is 1. The molecule has 2 aromatic rings. The van der Waals surface area contributed by atoms with Crippen molar-refractivity contribution >= 4 is 22.3 Å². The third kappa shape index (κ3) is 1.67. The van der Waals surface area contributed by atoms with Crippen LogP contribution in [0.1, 0.15) is 43.7 Å². The Labute approximate surface area is 129 Å². The van der Waals surface area contributed by atoms with Gasteiger partial charge in [-0.15, -0.1) is 0 Å². The molecule has 22 heavy (non-hydrogen) atoms. The number of ketones is 1. The molecule has 4 nitrogen and oxygen atoms in total. The van der Waals surface area contributed by atoms with Crippen LogP contribution >= 0.6 is 0 Å². The van der Waals surface area contributed by atoms with Gasteiger partial charge in [-0.2, -0.15) is 5.10 Å². The van der Waals surface area contributed by atoms with Gasteiger partial charge in [0, 0.05) is 23.8 Å². The van der Waals surface area contributed by atoms with Gasteiger partial charge in [-0.05, 0) is 54.0 Å². The summed E-state index contributed by atoms with van der Waals surface area (Å²) < 4.78 is 0. The van der Waals surface area contributed by atoms with E-state index in [0.717, 1.165) is 42.2 Å².